The number of primary amides is 1. The first-order chi connectivity index (χ1) is 9.54. The highest BCUT2D eigenvalue weighted by Gasteiger charge is 2.38. The second-order valence-electron chi connectivity index (χ2n) is 6.56. The number of phenolic OH excluding ortho intramolecular Hbond substituents is 1. The first-order valence-electron chi connectivity index (χ1n) is 6.92. The van der Waals surface area contributed by atoms with E-state index in [0.717, 1.165) is 0 Å². The van der Waals surface area contributed by atoms with Crippen LogP contribution in [0.1, 0.15) is 32.4 Å². The molecule has 5 nitrogen and oxygen atoms in total. The highest BCUT2D eigenvalue weighted by atomic mass is 28.4. The molecule has 0 aliphatic heterocycles. The summed E-state index contributed by atoms with van der Waals surface area (Å²) >= 11 is 0. The molecule has 1 unspecified atom stereocenters. The number of rotatable bonds is 5. The Hall–Kier alpha value is -1.53. The number of carbonyl (C=O) groups excluding carboxylic acids is 1. The number of aromatic hydroxyl groups is 1. The molecule has 0 heterocycles. The number of carbonyl (C=O) groups is 1. The molecule has 3 N–H and O–H groups in total. The van der Waals surface area contributed by atoms with E-state index in [4.69, 9.17) is 14.9 Å². The van der Waals surface area contributed by atoms with Crippen LogP contribution >= 0.6 is 0 Å². The molecule has 0 bridgehead atoms. The van der Waals surface area contributed by atoms with E-state index in [1.807, 2.05) is 0 Å². The van der Waals surface area contributed by atoms with Crippen LogP contribution in [0.25, 0.3) is 0 Å². The summed E-state index contributed by atoms with van der Waals surface area (Å²) in [4.78, 5) is 11.1. The van der Waals surface area contributed by atoms with E-state index in [1.54, 1.807) is 24.3 Å². The van der Waals surface area contributed by atoms with Crippen LogP contribution in [-0.4, -0.2) is 26.1 Å². The van der Waals surface area contributed by atoms with Gasteiger partial charge in [-0.05, 0) is 24.2 Å². The minimum absolute atomic E-state index is 0.0446. The molecule has 0 fully saturated rings. The average molecular weight is 311 g/mol. The van der Waals surface area contributed by atoms with Crippen molar-refractivity contribution in [1.82, 2.24) is 0 Å². The Morgan fingerprint density at radius 2 is 1.90 bits per heavy atom. The molecule has 1 aromatic carbocycles. The molecule has 0 saturated carbocycles. The number of para-hydroxylation sites is 1. The lowest BCUT2D eigenvalue weighted by Gasteiger charge is -2.37. The van der Waals surface area contributed by atoms with E-state index in [1.165, 1.54) is 0 Å². The Kier molecular flexibility index (Phi) is 5.41. The lowest BCUT2D eigenvalue weighted by molar-refractivity contribution is 0.0654. The lowest BCUT2D eigenvalue weighted by atomic mass is 10.1. The molecule has 0 aromatic heterocycles. The van der Waals surface area contributed by atoms with Crippen molar-refractivity contribution in [3.63, 3.8) is 0 Å². The number of benzene rings is 1. The van der Waals surface area contributed by atoms with Gasteiger partial charge in [-0.1, -0.05) is 39.0 Å². The predicted molar refractivity (Wildman–Crippen MR) is 84.7 cm³/mol. The molecule has 1 aromatic rings. The van der Waals surface area contributed by atoms with Gasteiger partial charge in [0.15, 0.2) is 14.4 Å². The van der Waals surface area contributed by atoms with Crippen LogP contribution in [0.15, 0.2) is 24.3 Å². The maximum absolute atomic E-state index is 11.1. The van der Waals surface area contributed by atoms with Gasteiger partial charge in [-0.2, -0.15) is 0 Å². The molecule has 6 heteroatoms. The summed E-state index contributed by atoms with van der Waals surface area (Å²) in [6, 6.07) is 6.70. The first kappa shape index (κ1) is 17.5. The van der Waals surface area contributed by atoms with Gasteiger partial charge in [0.1, 0.15) is 5.75 Å². The van der Waals surface area contributed by atoms with E-state index >= 15 is 0 Å². The second kappa shape index (κ2) is 6.49. The number of hydrogen-bond donors (Lipinski definition) is 2. The zero-order chi connectivity index (χ0) is 16.3. The second-order valence-corrected chi connectivity index (χ2v) is 11.4. The van der Waals surface area contributed by atoms with Gasteiger partial charge in [0.05, 0.1) is 6.61 Å². The van der Waals surface area contributed by atoms with Gasteiger partial charge in [0.2, 0.25) is 0 Å². The molecular weight excluding hydrogens is 286 g/mol. The fourth-order valence-electron chi connectivity index (χ4n) is 1.59. The van der Waals surface area contributed by atoms with Gasteiger partial charge < -0.3 is 20.0 Å². The van der Waals surface area contributed by atoms with Crippen molar-refractivity contribution in [2.24, 2.45) is 5.73 Å². The van der Waals surface area contributed by atoms with Crippen molar-refractivity contribution in [3.8, 4) is 5.75 Å². The highest BCUT2D eigenvalue weighted by Crippen LogP contribution is 2.38. The fraction of sp³-hybridized carbons (Fsp3) is 0.533. The Morgan fingerprint density at radius 3 is 2.38 bits per heavy atom. The lowest BCUT2D eigenvalue weighted by Crippen LogP contribution is -2.42. The highest BCUT2D eigenvalue weighted by molar-refractivity contribution is 6.74. The van der Waals surface area contributed by atoms with Gasteiger partial charge in [-0.3, -0.25) is 0 Å². The van der Waals surface area contributed by atoms with Crippen molar-refractivity contribution in [2.45, 2.75) is 45.0 Å². The minimum Gasteiger partial charge on any atom is -0.508 e. The molecule has 21 heavy (non-hydrogen) atoms. The number of nitrogens with two attached hydrogens (primary N) is 1. The van der Waals surface area contributed by atoms with Gasteiger partial charge in [0, 0.05) is 5.56 Å². The zero-order valence-corrected chi connectivity index (χ0v) is 14.3. The van der Waals surface area contributed by atoms with Crippen LogP contribution in [-0.2, 0) is 9.16 Å². The van der Waals surface area contributed by atoms with Crippen LogP contribution in [0.4, 0.5) is 4.79 Å². The van der Waals surface area contributed by atoms with Crippen LogP contribution in [0.5, 0.6) is 5.75 Å². The van der Waals surface area contributed by atoms with E-state index in [-0.39, 0.29) is 17.4 Å². The minimum atomic E-state index is -1.98. The van der Waals surface area contributed by atoms with E-state index in [2.05, 4.69) is 33.9 Å². The van der Waals surface area contributed by atoms with Crippen molar-refractivity contribution in [3.05, 3.63) is 29.8 Å². The topological polar surface area (TPSA) is 81.8 Å². The number of hydrogen-bond acceptors (Lipinski definition) is 4. The largest absolute Gasteiger partial charge is 0.508 e. The summed E-state index contributed by atoms with van der Waals surface area (Å²) in [5.41, 5.74) is 5.61. The maximum Gasteiger partial charge on any atom is 0.405 e. The summed E-state index contributed by atoms with van der Waals surface area (Å²) in [5.74, 6) is 0.0579. The fourth-order valence-corrected chi connectivity index (χ4v) is 2.59. The van der Waals surface area contributed by atoms with Crippen LogP contribution in [0, 0.1) is 0 Å². The Bertz CT molecular complexity index is 497. The van der Waals surface area contributed by atoms with Gasteiger partial charge in [-0.15, -0.1) is 0 Å². The van der Waals surface area contributed by atoms with Crippen LogP contribution in [0.3, 0.4) is 0 Å². The molecule has 0 saturated heterocycles. The summed E-state index contributed by atoms with van der Waals surface area (Å²) in [5, 5.41) is 9.95. The van der Waals surface area contributed by atoms with E-state index in [0.29, 0.717) is 5.56 Å². The summed E-state index contributed by atoms with van der Waals surface area (Å²) in [6.45, 7) is 10.8. The molecule has 1 amide bonds. The maximum atomic E-state index is 11.1. The molecule has 0 aliphatic carbocycles. The third-order valence-corrected chi connectivity index (χ3v) is 8.44. The third-order valence-electron chi connectivity index (χ3n) is 3.94. The monoisotopic (exact) mass is 311 g/mol. The predicted octanol–water partition coefficient (Wildman–Crippen LogP) is 3.55. The third kappa shape index (κ3) is 4.75. The summed E-state index contributed by atoms with van der Waals surface area (Å²) in [7, 11) is -1.98. The molecule has 0 aliphatic rings. The van der Waals surface area contributed by atoms with Crippen molar-refractivity contribution in [2.75, 3.05) is 6.61 Å². The van der Waals surface area contributed by atoms with Crippen molar-refractivity contribution < 1.29 is 19.1 Å². The first-order valence-corrected chi connectivity index (χ1v) is 9.83. The smallest absolute Gasteiger partial charge is 0.405 e. The Balaban J connectivity index is 2.91. The van der Waals surface area contributed by atoms with Crippen LogP contribution < -0.4 is 5.73 Å². The number of ether oxygens (including phenoxy) is 1. The summed E-state index contributed by atoms with van der Waals surface area (Å²) < 4.78 is 11.2. The van der Waals surface area contributed by atoms with Gasteiger partial charge in [0.25, 0.3) is 0 Å². The Morgan fingerprint density at radius 1 is 1.33 bits per heavy atom. The number of amides is 1. The molecule has 118 valence electrons. The van der Waals surface area contributed by atoms with E-state index in [9.17, 15) is 9.90 Å². The zero-order valence-electron chi connectivity index (χ0n) is 13.3. The van der Waals surface area contributed by atoms with E-state index < -0.39 is 20.5 Å². The van der Waals surface area contributed by atoms with Gasteiger partial charge >= 0.3 is 6.09 Å². The molecule has 0 radical (unpaired) electrons. The standard InChI is InChI=1S/C15H25NO4Si/c1-15(2,3)21(4,5)19-10-13(20-14(16)18)11-8-6-7-9-12(11)17/h6-9,13,17H,10H2,1-5H3,(H2,16,18). The van der Waals surface area contributed by atoms with Crippen LogP contribution in [0.2, 0.25) is 18.1 Å². The average Bonchev–Trinajstić information content (AvgIpc) is 2.33. The summed E-state index contributed by atoms with van der Waals surface area (Å²) in [6.07, 6.45) is -1.60. The molecule has 0 spiro atoms. The number of phenols is 1. The van der Waals surface area contributed by atoms with Crippen molar-refractivity contribution >= 4 is 14.4 Å². The quantitative estimate of drug-likeness (QED) is 0.815. The van der Waals surface area contributed by atoms with Gasteiger partial charge in [-0.25, -0.2) is 4.79 Å². The molecule has 1 rings (SSSR count). The van der Waals surface area contributed by atoms with Crippen molar-refractivity contribution in [1.29, 1.82) is 0 Å². The molecular formula is C15H25NO4Si. The SMILES string of the molecule is CC(C)(C)[Si](C)(C)OCC(OC(N)=O)c1ccccc1O. The normalized spacial score (nSPS) is 13.8. The Labute approximate surface area is 127 Å². The molecule has 1 atom stereocenters.